The number of methoxy groups -OCH3 is 1. The van der Waals surface area contributed by atoms with Crippen LogP contribution in [0, 0.1) is 5.41 Å². The van der Waals surface area contributed by atoms with E-state index in [0.29, 0.717) is 6.42 Å². The van der Waals surface area contributed by atoms with Gasteiger partial charge in [0.2, 0.25) is 0 Å². The zero-order valence-corrected chi connectivity index (χ0v) is 12.1. The molecule has 1 aliphatic rings. The molecular weight excluding hydrogens is 274 g/mol. The van der Waals surface area contributed by atoms with Crippen LogP contribution in [0.3, 0.4) is 0 Å². The van der Waals surface area contributed by atoms with Crippen LogP contribution in [0.5, 0.6) is 0 Å². The topological polar surface area (TPSA) is 81.0 Å². The molecule has 1 aliphatic carbocycles. The number of nitrogens with two attached hydrogens (primary N) is 1. The summed E-state index contributed by atoms with van der Waals surface area (Å²) in [6.45, 7) is 0. The zero-order chi connectivity index (χ0) is 14.2. The number of benzene rings is 1. The number of nitrogens with one attached hydrogen (secondary N) is 1. The summed E-state index contributed by atoms with van der Waals surface area (Å²) in [6, 6.07) is 5.64. The fraction of sp³-hybridized carbons (Fsp3) is 0.429. The zero-order valence-electron chi connectivity index (χ0n) is 11.3. The molecule has 1 fully saturated rings. The lowest BCUT2D eigenvalue weighted by molar-refractivity contribution is -0.141. The summed E-state index contributed by atoms with van der Waals surface area (Å²) in [6.07, 6.45) is 2.67. The summed E-state index contributed by atoms with van der Waals surface area (Å²) >= 11 is 1.66. The fourth-order valence-corrected chi connectivity index (χ4v) is 3.40. The van der Waals surface area contributed by atoms with Gasteiger partial charge in [-0.2, -0.15) is 0 Å². The highest BCUT2D eigenvalue weighted by Gasteiger charge is 2.44. The first kappa shape index (κ1) is 13.3. The van der Waals surface area contributed by atoms with Crippen molar-refractivity contribution in [2.24, 2.45) is 5.41 Å². The number of hydrogen-bond donors (Lipinski definition) is 2. The largest absolute Gasteiger partial charge is 0.469 e. The van der Waals surface area contributed by atoms with Crippen molar-refractivity contribution in [1.29, 1.82) is 0 Å². The van der Waals surface area contributed by atoms with Crippen molar-refractivity contribution in [2.75, 3.05) is 18.6 Å². The third-order valence-electron chi connectivity index (χ3n) is 3.70. The molecule has 0 spiro atoms. The lowest BCUT2D eigenvalue weighted by Gasteiger charge is -2.11. The van der Waals surface area contributed by atoms with Crippen LogP contribution in [0.4, 0.5) is 5.69 Å². The Bertz CT molecular complexity index is 649. The number of H-pyrrole nitrogens is 1. The maximum absolute atomic E-state index is 11.4. The summed E-state index contributed by atoms with van der Waals surface area (Å²) in [5.74, 6) is 0.762. The normalized spacial score (nSPS) is 16.2. The molecule has 1 aromatic heterocycles. The van der Waals surface area contributed by atoms with Crippen LogP contribution in [0.25, 0.3) is 11.0 Å². The molecule has 6 heteroatoms. The molecule has 20 heavy (non-hydrogen) atoms. The van der Waals surface area contributed by atoms with E-state index in [0.717, 1.165) is 40.5 Å². The first-order valence-electron chi connectivity index (χ1n) is 6.55. The van der Waals surface area contributed by atoms with Gasteiger partial charge in [-0.1, -0.05) is 11.8 Å². The number of aromatic amines is 1. The van der Waals surface area contributed by atoms with Crippen molar-refractivity contribution in [3.05, 3.63) is 18.2 Å². The Balaban J connectivity index is 1.66. The van der Waals surface area contributed by atoms with Gasteiger partial charge in [0.1, 0.15) is 0 Å². The summed E-state index contributed by atoms with van der Waals surface area (Å²) in [7, 11) is 1.44. The van der Waals surface area contributed by atoms with Crippen molar-refractivity contribution in [3.63, 3.8) is 0 Å². The molecule has 0 aliphatic heterocycles. The van der Waals surface area contributed by atoms with E-state index in [1.807, 2.05) is 18.2 Å². The second kappa shape index (κ2) is 5.01. The number of esters is 1. The minimum Gasteiger partial charge on any atom is -0.469 e. The number of ether oxygens (including phenoxy) is 1. The van der Waals surface area contributed by atoms with Gasteiger partial charge in [0.15, 0.2) is 5.16 Å². The molecule has 1 aromatic carbocycles. The van der Waals surface area contributed by atoms with E-state index in [4.69, 9.17) is 10.5 Å². The van der Waals surface area contributed by atoms with E-state index < -0.39 is 0 Å². The number of imidazole rings is 1. The number of anilines is 1. The van der Waals surface area contributed by atoms with Gasteiger partial charge in [-0.15, -0.1) is 0 Å². The molecule has 0 bridgehead atoms. The predicted molar refractivity (Wildman–Crippen MR) is 79.5 cm³/mol. The summed E-state index contributed by atoms with van der Waals surface area (Å²) < 4.78 is 4.75. The van der Waals surface area contributed by atoms with E-state index in [2.05, 4.69) is 9.97 Å². The van der Waals surface area contributed by atoms with E-state index in [1.54, 1.807) is 11.8 Å². The predicted octanol–water partition coefficient (Wildman–Crippen LogP) is 2.58. The minimum atomic E-state index is -0.125. The lowest BCUT2D eigenvalue weighted by Crippen LogP contribution is -2.13. The summed E-state index contributed by atoms with van der Waals surface area (Å²) in [5.41, 5.74) is 8.45. The average molecular weight is 291 g/mol. The van der Waals surface area contributed by atoms with Crippen molar-refractivity contribution >= 4 is 34.5 Å². The van der Waals surface area contributed by atoms with Crippen LogP contribution in [-0.2, 0) is 9.53 Å². The van der Waals surface area contributed by atoms with Gasteiger partial charge < -0.3 is 15.5 Å². The van der Waals surface area contributed by atoms with Gasteiger partial charge in [0.25, 0.3) is 0 Å². The first-order valence-corrected chi connectivity index (χ1v) is 7.54. The second-order valence-corrected chi connectivity index (χ2v) is 6.32. The van der Waals surface area contributed by atoms with E-state index in [-0.39, 0.29) is 11.4 Å². The number of hydrogen-bond acceptors (Lipinski definition) is 5. The summed E-state index contributed by atoms with van der Waals surface area (Å²) in [4.78, 5) is 19.2. The highest BCUT2D eigenvalue weighted by molar-refractivity contribution is 7.99. The van der Waals surface area contributed by atoms with Gasteiger partial charge in [-0.05, 0) is 36.5 Å². The number of rotatable bonds is 5. The third-order valence-corrected chi connectivity index (χ3v) is 4.93. The molecule has 1 heterocycles. The Hall–Kier alpha value is -1.69. The fourth-order valence-electron chi connectivity index (χ4n) is 2.22. The molecule has 3 N–H and O–H groups in total. The highest BCUT2D eigenvalue weighted by Crippen LogP contribution is 2.51. The molecule has 0 saturated heterocycles. The molecule has 3 rings (SSSR count). The molecule has 0 unspecified atom stereocenters. The van der Waals surface area contributed by atoms with Crippen LogP contribution in [0.15, 0.2) is 23.4 Å². The van der Waals surface area contributed by atoms with Gasteiger partial charge in [-0.25, -0.2) is 4.98 Å². The van der Waals surface area contributed by atoms with Crippen molar-refractivity contribution in [2.45, 2.75) is 24.4 Å². The van der Waals surface area contributed by atoms with Crippen LogP contribution in [0.1, 0.15) is 19.3 Å². The molecular formula is C14H17N3O2S. The van der Waals surface area contributed by atoms with E-state index >= 15 is 0 Å². The number of nitrogen functional groups attached to an aromatic ring is 1. The smallest absolute Gasteiger partial charge is 0.306 e. The van der Waals surface area contributed by atoms with Crippen LogP contribution in [0.2, 0.25) is 0 Å². The number of nitrogens with zero attached hydrogens (tertiary/aromatic N) is 1. The summed E-state index contributed by atoms with van der Waals surface area (Å²) in [5, 5.41) is 0.877. The maximum Gasteiger partial charge on any atom is 0.306 e. The molecule has 0 atom stereocenters. The Morgan fingerprint density at radius 3 is 3.05 bits per heavy atom. The van der Waals surface area contributed by atoms with Gasteiger partial charge in [0, 0.05) is 11.4 Å². The highest BCUT2D eigenvalue weighted by atomic mass is 32.2. The van der Waals surface area contributed by atoms with Gasteiger partial charge in [-0.3, -0.25) is 4.79 Å². The third kappa shape index (κ3) is 2.75. The Morgan fingerprint density at radius 1 is 1.55 bits per heavy atom. The molecule has 0 radical (unpaired) electrons. The van der Waals surface area contributed by atoms with Crippen molar-refractivity contribution in [3.8, 4) is 0 Å². The maximum atomic E-state index is 11.4. The Morgan fingerprint density at radius 2 is 2.35 bits per heavy atom. The van der Waals surface area contributed by atoms with Gasteiger partial charge >= 0.3 is 5.97 Å². The van der Waals surface area contributed by atoms with Crippen molar-refractivity contribution < 1.29 is 9.53 Å². The second-order valence-electron chi connectivity index (χ2n) is 5.36. The molecule has 0 amide bonds. The van der Waals surface area contributed by atoms with Gasteiger partial charge in [0.05, 0.1) is 24.6 Å². The Labute approximate surface area is 121 Å². The first-order chi connectivity index (χ1) is 9.60. The Kier molecular flexibility index (Phi) is 3.33. The SMILES string of the molecule is COC(=O)CC1(CSc2nc3ccc(N)cc3[nH]2)CC1. The molecule has 106 valence electrons. The monoisotopic (exact) mass is 291 g/mol. The van der Waals surface area contributed by atoms with E-state index in [1.165, 1.54) is 7.11 Å². The number of carbonyl (C=O) groups excluding carboxylic acids is 1. The molecule has 1 saturated carbocycles. The lowest BCUT2D eigenvalue weighted by atomic mass is 10.1. The minimum absolute atomic E-state index is 0.107. The van der Waals surface area contributed by atoms with E-state index in [9.17, 15) is 4.79 Å². The quantitative estimate of drug-likeness (QED) is 0.503. The number of thioether (sulfide) groups is 1. The number of aromatic nitrogens is 2. The average Bonchev–Trinajstić information content (AvgIpc) is 3.07. The van der Waals surface area contributed by atoms with Crippen LogP contribution in [-0.4, -0.2) is 28.8 Å². The number of fused-ring (bicyclic) bond motifs is 1. The van der Waals surface area contributed by atoms with Crippen LogP contribution < -0.4 is 5.73 Å². The number of carbonyl (C=O) groups is 1. The van der Waals surface area contributed by atoms with Crippen molar-refractivity contribution in [1.82, 2.24) is 9.97 Å². The molecule has 5 nitrogen and oxygen atoms in total. The molecule has 2 aromatic rings. The van der Waals surface area contributed by atoms with Crippen LogP contribution >= 0.6 is 11.8 Å². The standard InChI is InChI=1S/C14H17N3O2S/c1-19-12(18)7-14(4-5-14)8-20-13-16-10-3-2-9(15)6-11(10)17-13/h2-3,6H,4-5,7-8,15H2,1H3,(H,16,17).